The molecule has 6 nitrogen and oxygen atoms in total. The minimum atomic E-state index is -0.532. The first-order chi connectivity index (χ1) is 12.5. The summed E-state index contributed by atoms with van der Waals surface area (Å²) in [7, 11) is 1.58. The summed E-state index contributed by atoms with van der Waals surface area (Å²) >= 11 is 1.25. The standard InChI is InChI=1S/C19H19N3O3S/c1-12-3-5-14(6-4-12)21-19-22-17(23)11-16(26-19)18(24)20-13-7-9-15(25-2)10-8-13/h3-10,16H,11H2,1-2H3,(H,20,24)(H,21,22,23)/t16-/m0/s1. The second-order valence-electron chi connectivity index (χ2n) is 5.83. The van der Waals surface area contributed by atoms with E-state index in [1.54, 1.807) is 31.4 Å². The number of aryl methyl sites for hydroxylation is 1. The molecule has 1 aliphatic rings. The summed E-state index contributed by atoms with van der Waals surface area (Å²) in [5.74, 6) is 0.262. The van der Waals surface area contributed by atoms with Crippen LogP contribution in [-0.2, 0) is 9.59 Å². The Hall–Kier alpha value is -2.80. The van der Waals surface area contributed by atoms with Gasteiger partial charge in [0.2, 0.25) is 11.8 Å². The van der Waals surface area contributed by atoms with Crippen LogP contribution in [-0.4, -0.2) is 29.3 Å². The van der Waals surface area contributed by atoms with Crippen LogP contribution in [0.4, 0.5) is 11.4 Å². The zero-order chi connectivity index (χ0) is 18.5. The van der Waals surface area contributed by atoms with Gasteiger partial charge in [0.15, 0.2) is 5.17 Å². The number of methoxy groups -OCH3 is 1. The Balaban J connectivity index is 1.69. The predicted molar refractivity (Wildman–Crippen MR) is 104 cm³/mol. The molecule has 1 atom stereocenters. The topological polar surface area (TPSA) is 79.8 Å². The van der Waals surface area contributed by atoms with E-state index < -0.39 is 5.25 Å². The number of benzene rings is 2. The van der Waals surface area contributed by atoms with E-state index >= 15 is 0 Å². The number of carbonyl (C=O) groups is 2. The zero-order valence-corrected chi connectivity index (χ0v) is 15.3. The molecule has 0 saturated carbocycles. The van der Waals surface area contributed by atoms with Crippen molar-refractivity contribution in [3.8, 4) is 5.75 Å². The number of nitrogens with one attached hydrogen (secondary N) is 2. The van der Waals surface area contributed by atoms with Gasteiger partial charge in [-0.2, -0.15) is 0 Å². The van der Waals surface area contributed by atoms with Gasteiger partial charge in [0.25, 0.3) is 0 Å². The summed E-state index contributed by atoms with van der Waals surface area (Å²) in [5.41, 5.74) is 2.51. The van der Waals surface area contributed by atoms with E-state index in [9.17, 15) is 9.59 Å². The van der Waals surface area contributed by atoms with Gasteiger partial charge >= 0.3 is 0 Å². The third-order valence-corrected chi connectivity index (χ3v) is 4.87. The van der Waals surface area contributed by atoms with Gasteiger partial charge in [0, 0.05) is 12.1 Å². The first-order valence-corrected chi connectivity index (χ1v) is 8.98. The molecular weight excluding hydrogens is 350 g/mol. The number of nitrogens with zero attached hydrogens (tertiary/aromatic N) is 1. The molecule has 0 unspecified atom stereocenters. The van der Waals surface area contributed by atoms with E-state index in [1.165, 1.54) is 11.8 Å². The SMILES string of the molecule is COc1ccc(NC(=O)[C@@H]2CC(=O)NC(=Nc3ccc(C)cc3)S2)cc1. The first-order valence-electron chi connectivity index (χ1n) is 8.10. The van der Waals surface area contributed by atoms with Gasteiger partial charge < -0.3 is 15.4 Å². The molecule has 1 aliphatic heterocycles. The average Bonchev–Trinajstić information content (AvgIpc) is 2.64. The number of ether oxygens (including phenoxy) is 1. The molecular formula is C19H19N3O3S. The van der Waals surface area contributed by atoms with Crippen molar-refractivity contribution in [3.63, 3.8) is 0 Å². The van der Waals surface area contributed by atoms with Gasteiger partial charge in [-0.3, -0.25) is 9.59 Å². The van der Waals surface area contributed by atoms with Crippen molar-refractivity contribution in [1.29, 1.82) is 0 Å². The largest absolute Gasteiger partial charge is 0.497 e. The molecule has 1 fully saturated rings. The summed E-state index contributed by atoms with van der Waals surface area (Å²) in [6.45, 7) is 1.99. The maximum absolute atomic E-state index is 12.5. The molecule has 2 aromatic carbocycles. The van der Waals surface area contributed by atoms with Crippen LogP contribution < -0.4 is 15.4 Å². The summed E-state index contributed by atoms with van der Waals surface area (Å²) < 4.78 is 5.10. The Morgan fingerprint density at radius 3 is 2.54 bits per heavy atom. The molecule has 3 rings (SSSR count). The van der Waals surface area contributed by atoms with Crippen molar-refractivity contribution in [2.45, 2.75) is 18.6 Å². The Morgan fingerprint density at radius 1 is 1.19 bits per heavy atom. The lowest BCUT2D eigenvalue weighted by Gasteiger charge is -2.22. The smallest absolute Gasteiger partial charge is 0.238 e. The van der Waals surface area contributed by atoms with Crippen molar-refractivity contribution in [3.05, 3.63) is 54.1 Å². The average molecular weight is 369 g/mol. The Kier molecular flexibility index (Phi) is 5.58. The molecule has 1 saturated heterocycles. The third-order valence-electron chi connectivity index (χ3n) is 3.79. The number of carbonyl (C=O) groups excluding carboxylic acids is 2. The number of hydrogen-bond acceptors (Lipinski definition) is 5. The van der Waals surface area contributed by atoms with Crippen molar-refractivity contribution < 1.29 is 14.3 Å². The minimum absolute atomic E-state index is 0.111. The maximum atomic E-state index is 12.5. The van der Waals surface area contributed by atoms with Crippen LogP contribution in [0.5, 0.6) is 5.75 Å². The fraction of sp³-hybridized carbons (Fsp3) is 0.211. The molecule has 0 bridgehead atoms. The molecule has 2 aromatic rings. The van der Waals surface area contributed by atoms with Gasteiger partial charge in [0.1, 0.15) is 11.0 Å². The zero-order valence-electron chi connectivity index (χ0n) is 14.5. The molecule has 134 valence electrons. The highest BCUT2D eigenvalue weighted by Crippen LogP contribution is 2.25. The van der Waals surface area contributed by atoms with Crippen molar-refractivity contribution in [2.24, 2.45) is 4.99 Å². The van der Waals surface area contributed by atoms with Crippen LogP contribution in [0.25, 0.3) is 0 Å². The van der Waals surface area contributed by atoms with Gasteiger partial charge in [-0.05, 0) is 43.3 Å². The van der Waals surface area contributed by atoms with Crippen molar-refractivity contribution in [1.82, 2.24) is 5.32 Å². The van der Waals surface area contributed by atoms with Gasteiger partial charge in [-0.25, -0.2) is 4.99 Å². The number of rotatable bonds is 4. The van der Waals surface area contributed by atoms with Crippen LogP contribution in [0.15, 0.2) is 53.5 Å². The lowest BCUT2D eigenvalue weighted by molar-refractivity contribution is -0.123. The molecule has 0 aromatic heterocycles. The van der Waals surface area contributed by atoms with E-state index in [1.807, 2.05) is 31.2 Å². The normalized spacial score (nSPS) is 18.3. The molecule has 26 heavy (non-hydrogen) atoms. The van der Waals surface area contributed by atoms with Crippen molar-refractivity contribution >= 4 is 40.1 Å². The number of hydrogen-bond donors (Lipinski definition) is 2. The van der Waals surface area contributed by atoms with E-state index in [2.05, 4.69) is 15.6 Å². The Bertz CT molecular complexity index is 832. The monoisotopic (exact) mass is 369 g/mol. The molecule has 1 heterocycles. The number of anilines is 1. The second kappa shape index (κ2) is 8.05. The summed E-state index contributed by atoms with van der Waals surface area (Å²) in [5, 5.41) is 5.44. The Morgan fingerprint density at radius 2 is 1.88 bits per heavy atom. The Labute approximate surface area is 156 Å². The number of amidine groups is 1. The van der Waals surface area contributed by atoms with E-state index in [-0.39, 0.29) is 18.2 Å². The molecule has 2 amide bonds. The van der Waals surface area contributed by atoms with Crippen LogP contribution in [0.2, 0.25) is 0 Å². The van der Waals surface area contributed by atoms with Crippen molar-refractivity contribution in [2.75, 3.05) is 12.4 Å². The summed E-state index contributed by atoms with van der Waals surface area (Å²) in [4.78, 5) is 28.9. The van der Waals surface area contributed by atoms with Crippen LogP contribution in [0.3, 0.4) is 0 Å². The first kappa shape index (κ1) is 18.0. The molecule has 0 spiro atoms. The highest BCUT2D eigenvalue weighted by Gasteiger charge is 2.30. The number of thioether (sulfide) groups is 1. The van der Waals surface area contributed by atoms with E-state index in [0.29, 0.717) is 16.6 Å². The minimum Gasteiger partial charge on any atom is -0.497 e. The number of aliphatic imine (C=N–C) groups is 1. The predicted octanol–water partition coefficient (Wildman–Crippen LogP) is 3.25. The lowest BCUT2D eigenvalue weighted by Crippen LogP contribution is -2.41. The summed E-state index contributed by atoms with van der Waals surface area (Å²) in [6, 6.07) is 14.7. The fourth-order valence-electron chi connectivity index (χ4n) is 2.38. The lowest BCUT2D eigenvalue weighted by atomic mass is 10.2. The van der Waals surface area contributed by atoms with E-state index in [4.69, 9.17) is 4.74 Å². The second-order valence-corrected chi connectivity index (χ2v) is 7.02. The molecule has 0 radical (unpaired) electrons. The number of amides is 2. The molecule has 0 aliphatic carbocycles. The van der Waals surface area contributed by atoms with E-state index in [0.717, 1.165) is 11.3 Å². The quantitative estimate of drug-likeness (QED) is 0.867. The van der Waals surface area contributed by atoms with Gasteiger partial charge in [-0.1, -0.05) is 29.5 Å². The fourth-order valence-corrected chi connectivity index (χ4v) is 3.38. The third kappa shape index (κ3) is 4.64. The molecule has 2 N–H and O–H groups in total. The highest BCUT2D eigenvalue weighted by molar-refractivity contribution is 8.15. The van der Waals surface area contributed by atoms with Crippen LogP contribution in [0.1, 0.15) is 12.0 Å². The van der Waals surface area contributed by atoms with Gasteiger partial charge in [0.05, 0.1) is 12.8 Å². The molecule has 7 heteroatoms. The van der Waals surface area contributed by atoms with Crippen LogP contribution >= 0.6 is 11.8 Å². The van der Waals surface area contributed by atoms with Crippen LogP contribution in [0, 0.1) is 6.92 Å². The highest BCUT2D eigenvalue weighted by atomic mass is 32.2. The summed E-state index contributed by atoms with van der Waals surface area (Å²) in [6.07, 6.45) is 0.111. The van der Waals surface area contributed by atoms with Gasteiger partial charge in [-0.15, -0.1) is 0 Å². The maximum Gasteiger partial charge on any atom is 0.238 e.